The quantitative estimate of drug-likeness (QED) is 0.804. The number of carbonyl (C=O) groups excluding carboxylic acids is 1. The van der Waals surface area contributed by atoms with Gasteiger partial charge in [0.15, 0.2) is 0 Å². The van der Waals surface area contributed by atoms with Crippen LogP contribution in [-0.4, -0.2) is 17.0 Å². The van der Waals surface area contributed by atoms with Crippen LogP contribution >= 0.6 is 0 Å². The molecule has 1 aromatic carbocycles. The van der Waals surface area contributed by atoms with E-state index >= 15 is 0 Å². The van der Waals surface area contributed by atoms with E-state index in [4.69, 9.17) is 5.11 Å². The number of hydrogen-bond donors (Lipinski definition) is 1. The maximum Gasteiger partial charge on any atom is 0.307 e. The molecule has 88 valence electrons. The Morgan fingerprint density at radius 3 is 2.35 bits per heavy atom. The van der Waals surface area contributed by atoms with Gasteiger partial charge in [-0.1, -0.05) is 29.8 Å². The molecule has 0 aromatic heterocycles. The van der Waals surface area contributed by atoms with Gasteiger partial charge >= 0.3 is 5.97 Å². The van der Waals surface area contributed by atoms with Crippen molar-refractivity contribution in [3.63, 3.8) is 0 Å². The average molecular weight is 233 g/mol. The Morgan fingerprint density at radius 2 is 1.94 bits per heavy atom. The van der Waals surface area contributed by atoms with E-state index in [0.717, 1.165) is 5.56 Å². The molecule has 2 rings (SSSR count). The second-order valence-corrected chi connectivity index (χ2v) is 4.33. The predicted molar refractivity (Wildman–Crippen MR) is 59.4 cm³/mol. The number of carboxylic acids is 1. The zero-order valence-electron chi connectivity index (χ0n) is 9.21. The molecular weight excluding hydrogens is 222 g/mol. The zero-order valence-corrected chi connectivity index (χ0v) is 9.21. The standard InChI is InChI=1S/C12H11NO4/c1-7-2-4-8(5-3-7)12(11(16)13-17)6-9(12)10(14)15/h2-5,9H,6H2,1H3,(H,14,15)/t9?,12-/m0/s1. The second kappa shape index (κ2) is 3.76. The molecule has 1 amide bonds. The number of amides is 1. The highest BCUT2D eigenvalue weighted by atomic mass is 16.4. The van der Waals surface area contributed by atoms with Crippen molar-refractivity contribution < 1.29 is 14.7 Å². The Balaban J connectivity index is 2.43. The molecular formula is C12H11NO4. The van der Waals surface area contributed by atoms with Crippen LogP contribution in [0.4, 0.5) is 0 Å². The topological polar surface area (TPSA) is 83.8 Å². The van der Waals surface area contributed by atoms with E-state index in [0.29, 0.717) is 5.56 Å². The summed E-state index contributed by atoms with van der Waals surface area (Å²) in [6.45, 7) is 1.89. The van der Waals surface area contributed by atoms with Crippen LogP contribution in [0.15, 0.2) is 29.4 Å². The van der Waals surface area contributed by atoms with E-state index in [2.05, 4.69) is 5.18 Å². The minimum Gasteiger partial charge on any atom is -0.481 e. The van der Waals surface area contributed by atoms with Crippen molar-refractivity contribution in [1.82, 2.24) is 0 Å². The van der Waals surface area contributed by atoms with E-state index in [1.54, 1.807) is 24.3 Å². The van der Waals surface area contributed by atoms with Crippen molar-refractivity contribution in [2.45, 2.75) is 18.8 Å². The van der Waals surface area contributed by atoms with Crippen molar-refractivity contribution in [2.75, 3.05) is 0 Å². The fourth-order valence-electron chi connectivity index (χ4n) is 2.17. The van der Waals surface area contributed by atoms with Gasteiger partial charge in [0.05, 0.1) is 11.3 Å². The number of nitrogens with zero attached hydrogens (tertiary/aromatic N) is 1. The van der Waals surface area contributed by atoms with Crippen LogP contribution in [0, 0.1) is 17.7 Å². The van der Waals surface area contributed by atoms with Crippen LogP contribution in [0.5, 0.6) is 0 Å². The summed E-state index contributed by atoms with van der Waals surface area (Å²) >= 11 is 0. The minimum absolute atomic E-state index is 0.149. The first kappa shape index (κ1) is 11.4. The molecule has 1 aromatic rings. The summed E-state index contributed by atoms with van der Waals surface area (Å²) in [4.78, 5) is 32.9. The number of aliphatic carboxylic acids is 1. The third-order valence-electron chi connectivity index (χ3n) is 3.29. The molecule has 0 saturated heterocycles. The van der Waals surface area contributed by atoms with Crippen molar-refractivity contribution >= 4 is 11.9 Å². The Bertz CT molecular complexity index is 494. The maximum absolute atomic E-state index is 11.6. The minimum atomic E-state index is -1.23. The van der Waals surface area contributed by atoms with Gasteiger partial charge in [-0.15, -0.1) is 4.91 Å². The Labute approximate surface area is 97.4 Å². The Kier molecular flexibility index (Phi) is 2.53. The van der Waals surface area contributed by atoms with E-state index < -0.39 is 23.2 Å². The number of benzene rings is 1. The Morgan fingerprint density at radius 1 is 1.35 bits per heavy atom. The lowest BCUT2D eigenvalue weighted by atomic mass is 9.92. The summed E-state index contributed by atoms with van der Waals surface area (Å²) in [5.41, 5.74) is 0.324. The third-order valence-corrected chi connectivity index (χ3v) is 3.29. The van der Waals surface area contributed by atoms with Gasteiger partial charge in [-0.2, -0.15) is 0 Å². The first-order chi connectivity index (χ1) is 8.02. The van der Waals surface area contributed by atoms with Crippen LogP contribution in [0.1, 0.15) is 17.5 Å². The monoisotopic (exact) mass is 233 g/mol. The number of aryl methyl sites for hydroxylation is 1. The highest BCUT2D eigenvalue weighted by molar-refractivity contribution is 5.99. The summed E-state index contributed by atoms with van der Waals surface area (Å²) in [5, 5.41) is 11.4. The van der Waals surface area contributed by atoms with Gasteiger partial charge in [-0.25, -0.2) is 0 Å². The highest BCUT2D eigenvalue weighted by Gasteiger charge is 2.65. The van der Waals surface area contributed by atoms with Gasteiger partial charge in [-0.05, 0) is 18.9 Å². The van der Waals surface area contributed by atoms with Crippen molar-refractivity contribution in [1.29, 1.82) is 0 Å². The van der Waals surface area contributed by atoms with Crippen LogP contribution in [0.25, 0.3) is 0 Å². The highest BCUT2D eigenvalue weighted by Crippen LogP contribution is 2.55. The molecule has 5 nitrogen and oxygen atoms in total. The number of carbonyl (C=O) groups is 2. The first-order valence-corrected chi connectivity index (χ1v) is 5.20. The molecule has 1 saturated carbocycles. The molecule has 1 N–H and O–H groups in total. The molecule has 0 bridgehead atoms. The van der Waals surface area contributed by atoms with Gasteiger partial charge in [0.1, 0.15) is 0 Å². The van der Waals surface area contributed by atoms with E-state index in [1.165, 1.54) is 0 Å². The maximum atomic E-state index is 11.6. The lowest BCUT2D eigenvalue weighted by Crippen LogP contribution is -2.23. The fraction of sp³-hybridized carbons (Fsp3) is 0.333. The van der Waals surface area contributed by atoms with Crippen LogP contribution in [0.3, 0.4) is 0 Å². The molecule has 0 radical (unpaired) electrons. The van der Waals surface area contributed by atoms with Gasteiger partial charge in [0, 0.05) is 5.18 Å². The number of nitroso groups, excluding NO2 is 1. The number of rotatable bonds is 3. The lowest BCUT2D eigenvalue weighted by molar-refractivity contribution is -0.140. The lowest BCUT2D eigenvalue weighted by Gasteiger charge is -2.11. The molecule has 1 unspecified atom stereocenters. The van der Waals surface area contributed by atoms with Gasteiger partial charge in [0.25, 0.3) is 5.91 Å². The third kappa shape index (κ3) is 1.63. The van der Waals surface area contributed by atoms with Gasteiger partial charge < -0.3 is 5.11 Å². The predicted octanol–water partition coefficient (Wildman–Crippen LogP) is 1.63. The normalized spacial score (nSPS) is 26.3. The average Bonchev–Trinajstić information content (AvgIpc) is 3.06. The molecule has 2 atom stereocenters. The van der Waals surface area contributed by atoms with E-state index in [9.17, 15) is 14.5 Å². The summed E-state index contributed by atoms with van der Waals surface area (Å²) < 4.78 is 0. The largest absolute Gasteiger partial charge is 0.481 e. The number of carboxylic acid groups (broad SMARTS) is 1. The SMILES string of the molecule is Cc1ccc([C@@]2(C(=O)N=O)CC2C(=O)O)cc1. The molecule has 5 heteroatoms. The molecule has 1 aliphatic carbocycles. The summed E-state index contributed by atoms with van der Waals surface area (Å²) in [5.74, 6) is -2.80. The van der Waals surface area contributed by atoms with Crippen LogP contribution in [0.2, 0.25) is 0 Å². The molecule has 0 aliphatic heterocycles. The first-order valence-electron chi connectivity index (χ1n) is 5.20. The molecule has 1 fully saturated rings. The zero-order chi connectivity index (χ0) is 12.6. The summed E-state index contributed by atoms with van der Waals surface area (Å²) in [7, 11) is 0. The van der Waals surface area contributed by atoms with Crippen LogP contribution in [-0.2, 0) is 15.0 Å². The van der Waals surface area contributed by atoms with Crippen LogP contribution < -0.4 is 0 Å². The summed E-state index contributed by atoms with van der Waals surface area (Å²) in [6, 6.07) is 6.93. The van der Waals surface area contributed by atoms with Gasteiger partial charge in [0.2, 0.25) is 0 Å². The summed E-state index contributed by atoms with van der Waals surface area (Å²) in [6.07, 6.45) is 0.149. The van der Waals surface area contributed by atoms with E-state index in [-0.39, 0.29) is 6.42 Å². The van der Waals surface area contributed by atoms with E-state index in [1.807, 2.05) is 6.92 Å². The fourth-order valence-corrected chi connectivity index (χ4v) is 2.17. The molecule has 0 spiro atoms. The molecule has 17 heavy (non-hydrogen) atoms. The second-order valence-electron chi connectivity index (χ2n) is 4.33. The number of hydrogen-bond acceptors (Lipinski definition) is 3. The molecule has 0 heterocycles. The van der Waals surface area contributed by atoms with Crippen molar-refractivity contribution in [2.24, 2.45) is 11.1 Å². The smallest absolute Gasteiger partial charge is 0.307 e. The van der Waals surface area contributed by atoms with Crippen molar-refractivity contribution in [3.8, 4) is 0 Å². The Hall–Kier alpha value is -2.04. The molecule has 1 aliphatic rings. The van der Waals surface area contributed by atoms with Gasteiger partial charge in [-0.3, -0.25) is 9.59 Å². The van der Waals surface area contributed by atoms with Crippen molar-refractivity contribution in [3.05, 3.63) is 40.3 Å².